The first-order valence-corrected chi connectivity index (χ1v) is 7.91. The first-order chi connectivity index (χ1) is 9.70. The van der Waals surface area contributed by atoms with Crippen molar-refractivity contribution < 1.29 is 0 Å². The molecule has 0 aromatic heterocycles. The van der Waals surface area contributed by atoms with Gasteiger partial charge in [-0.2, -0.15) is 0 Å². The zero-order valence-corrected chi connectivity index (χ0v) is 13.2. The number of fused-ring (bicyclic) bond motifs is 1. The van der Waals surface area contributed by atoms with Crippen LogP contribution in [-0.2, 0) is 6.42 Å². The van der Waals surface area contributed by atoms with Crippen LogP contribution in [0.25, 0.3) is 0 Å². The molecule has 0 aliphatic carbocycles. The Hall–Kier alpha value is -1.06. The van der Waals surface area contributed by atoms with Crippen LogP contribution >= 0.6 is 0 Å². The van der Waals surface area contributed by atoms with Crippen molar-refractivity contribution in [2.45, 2.75) is 32.2 Å². The average Bonchev–Trinajstić information content (AvgIpc) is 2.66. The van der Waals surface area contributed by atoms with Crippen molar-refractivity contribution in [2.75, 3.05) is 45.6 Å². The minimum Gasteiger partial charge on any atom is -0.383 e. The van der Waals surface area contributed by atoms with Crippen molar-refractivity contribution in [3.8, 4) is 0 Å². The summed E-state index contributed by atoms with van der Waals surface area (Å²) in [5.41, 5.74) is 2.80. The standard InChI is InChI=1S/C17H29N3/c1-4-20(13-7-12-19(2)3)16-11-10-15-8-5-6-9-17(15)18-14-16/h5-6,8-9,16,18H,4,7,10-14H2,1-3H3. The van der Waals surface area contributed by atoms with E-state index >= 15 is 0 Å². The number of hydrogen-bond acceptors (Lipinski definition) is 3. The average molecular weight is 275 g/mol. The van der Waals surface area contributed by atoms with Crippen molar-refractivity contribution in [1.82, 2.24) is 9.80 Å². The van der Waals surface area contributed by atoms with Crippen LogP contribution in [0, 0.1) is 0 Å². The molecule has 0 radical (unpaired) electrons. The molecule has 1 unspecified atom stereocenters. The maximum absolute atomic E-state index is 3.64. The third kappa shape index (κ3) is 4.22. The van der Waals surface area contributed by atoms with Crippen molar-refractivity contribution in [3.05, 3.63) is 29.8 Å². The predicted octanol–water partition coefficient (Wildman–Crippen LogP) is 2.69. The van der Waals surface area contributed by atoms with E-state index in [1.54, 1.807) is 0 Å². The first-order valence-electron chi connectivity index (χ1n) is 7.91. The molecule has 1 aromatic rings. The maximum Gasteiger partial charge on any atom is 0.0373 e. The normalized spacial score (nSPS) is 18.8. The molecule has 0 spiro atoms. The van der Waals surface area contributed by atoms with Gasteiger partial charge in [0.15, 0.2) is 0 Å². The highest BCUT2D eigenvalue weighted by atomic mass is 15.2. The zero-order chi connectivity index (χ0) is 14.4. The molecule has 1 atom stereocenters. The molecule has 0 amide bonds. The van der Waals surface area contributed by atoms with Crippen molar-refractivity contribution >= 4 is 5.69 Å². The Morgan fingerprint density at radius 3 is 2.75 bits per heavy atom. The molecule has 0 bridgehead atoms. The summed E-state index contributed by atoms with van der Waals surface area (Å²) in [6.07, 6.45) is 3.71. The molecule has 0 saturated carbocycles. The van der Waals surface area contributed by atoms with E-state index in [0.29, 0.717) is 6.04 Å². The van der Waals surface area contributed by atoms with Crippen LogP contribution < -0.4 is 5.32 Å². The van der Waals surface area contributed by atoms with Gasteiger partial charge in [-0.15, -0.1) is 0 Å². The lowest BCUT2D eigenvalue weighted by atomic mass is 10.1. The number of hydrogen-bond donors (Lipinski definition) is 1. The number of aryl methyl sites for hydroxylation is 1. The van der Waals surface area contributed by atoms with Gasteiger partial charge >= 0.3 is 0 Å². The lowest BCUT2D eigenvalue weighted by molar-refractivity contribution is 0.196. The number of rotatable bonds is 6. The van der Waals surface area contributed by atoms with E-state index in [2.05, 4.69) is 60.4 Å². The van der Waals surface area contributed by atoms with Gasteiger partial charge in [-0.25, -0.2) is 0 Å². The summed E-state index contributed by atoms with van der Waals surface area (Å²) in [6, 6.07) is 9.40. The van der Waals surface area contributed by atoms with Crippen LogP contribution in [0.5, 0.6) is 0 Å². The highest BCUT2D eigenvalue weighted by molar-refractivity contribution is 5.52. The Morgan fingerprint density at radius 2 is 2.00 bits per heavy atom. The summed E-state index contributed by atoms with van der Waals surface area (Å²) in [6.45, 7) is 6.89. The van der Waals surface area contributed by atoms with Gasteiger partial charge in [0.25, 0.3) is 0 Å². The fourth-order valence-electron chi connectivity index (χ4n) is 3.06. The van der Waals surface area contributed by atoms with E-state index in [9.17, 15) is 0 Å². The monoisotopic (exact) mass is 275 g/mol. The van der Waals surface area contributed by atoms with Crippen LogP contribution in [0.2, 0.25) is 0 Å². The predicted molar refractivity (Wildman–Crippen MR) is 87.5 cm³/mol. The number of benzene rings is 1. The van der Waals surface area contributed by atoms with Crippen LogP contribution in [0.15, 0.2) is 24.3 Å². The quantitative estimate of drug-likeness (QED) is 0.861. The summed E-state index contributed by atoms with van der Waals surface area (Å²) >= 11 is 0. The largest absolute Gasteiger partial charge is 0.383 e. The number of para-hydroxylation sites is 1. The third-order valence-corrected chi connectivity index (χ3v) is 4.27. The van der Waals surface area contributed by atoms with Gasteiger partial charge in [-0.1, -0.05) is 25.1 Å². The minimum absolute atomic E-state index is 0.662. The molecule has 1 aliphatic rings. The van der Waals surface area contributed by atoms with Crippen LogP contribution in [0.1, 0.15) is 25.3 Å². The smallest absolute Gasteiger partial charge is 0.0373 e. The molecule has 0 fully saturated rings. The fourth-order valence-corrected chi connectivity index (χ4v) is 3.06. The maximum atomic E-state index is 3.64. The van der Waals surface area contributed by atoms with Gasteiger partial charge in [-0.3, -0.25) is 4.90 Å². The summed E-state index contributed by atoms with van der Waals surface area (Å²) in [7, 11) is 4.31. The summed E-state index contributed by atoms with van der Waals surface area (Å²) in [5.74, 6) is 0. The molecule has 3 nitrogen and oxygen atoms in total. The molecule has 1 aromatic carbocycles. The highest BCUT2D eigenvalue weighted by Gasteiger charge is 2.20. The lowest BCUT2D eigenvalue weighted by Crippen LogP contribution is -2.40. The zero-order valence-electron chi connectivity index (χ0n) is 13.2. The van der Waals surface area contributed by atoms with E-state index in [-0.39, 0.29) is 0 Å². The van der Waals surface area contributed by atoms with Gasteiger partial charge in [-0.05, 0) is 64.6 Å². The summed E-state index contributed by atoms with van der Waals surface area (Å²) < 4.78 is 0. The van der Waals surface area contributed by atoms with Crippen molar-refractivity contribution in [2.24, 2.45) is 0 Å². The molecule has 3 heteroatoms. The van der Waals surface area contributed by atoms with Gasteiger partial charge < -0.3 is 10.2 Å². The van der Waals surface area contributed by atoms with Gasteiger partial charge in [0.2, 0.25) is 0 Å². The molecule has 112 valence electrons. The van der Waals surface area contributed by atoms with Crippen molar-refractivity contribution in [1.29, 1.82) is 0 Å². The van der Waals surface area contributed by atoms with E-state index in [1.165, 1.54) is 43.6 Å². The summed E-state index contributed by atoms with van der Waals surface area (Å²) in [5, 5.41) is 3.64. The molecule has 0 saturated heterocycles. The number of anilines is 1. The highest BCUT2D eigenvalue weighted by Crippen LogP contribution is 2.22. The molecule has 1 heterocycles. The van der Waals surface area contributed by atoms with E-state index < -0.39 is 0 Å². The SMILES string of the molecule is CCN(CCCN(C)C)C1CCc2ccccc2NC1. The number of likely N-dealkylation sites (N-methyl/N-ethyl adjacent to an activating group) is 1. The second kappa shape index (κ2) is 7.65. The van der Waals surface area contributed by atoms with E-state index in [0.717, 1.165) is 13.1 Å². The number of nitrogens with zero attached hydrogens (tertiary/aromatic N) is 2. The summed E-state index contributed by atoms with van der Waals surface area (Å²) in [4.78, 5) is 4.91. The Labute approximate surface area is 124 Å². The lowest BCUT2D eigenvalue weighted by Gasteiger charge is -2.30. The van der Waals surface area contributed by atoms with E-state index in [1.807, 2.05) is 0 Å². The second-order valence-electron chi connectivity index (χ2n) is 6.02. The molecule has 2 rings (SSSR count). The third-order valence-electron chi connectivity index (χ3n) is 4.27. The van der Waals surface area contributed by atoms with E-state index in [4.69, 9.17) is 0 Å². The number of nitrogens with one attached hydrogen (secondary N) is 1. The Kier molecular flexibility index (Phi) is 5.86. The second-order valence-corrected chi connectivity index (χ2v) is 6.02. The molecular weight excluding hydrogens is 246 g/mol. The van der Waals surface area contributed by atoms with Crippen molar-refractivity contribution in [3.63, 3.8) is 0 Å². The Bertz CT molecular complexity index is 376. The molecular formula is C17H29N3. The Morgan fingerprint density at radius 1 is 1.20 bits per heavy atom. The van der Waals surface area contributed by atoms with Crippen LogP contribution in [0.3, 0.4) is 0 Å². The van der Waals surface area contributed by atoms with Crippen LogP contribution in [0.4, 0.5) is 5.69 Å². The minimum atomic E-state index is 0.662. The van der Waals surface area contributed by atoms with Crippen LogP contribution in [-0.4, -0.2) is 56.1 Å². The topological polar surface area (TPSA) is 18.5 Å². The Balaban J connectivity index is 1.89. The fraction of sp³-hybridized carbons (Fsp3) is 0.647. The molecule has 1 N–H and O–H groups in total. The molecule has 20 heavy (non-hydrogen) atoms. The van der Waals surface area contributed by atoms with Gasteiger partial charge in [0.1, 0.15) is 0 Å². The molecule has 1 aliphatic heterocycles. The van der Waals surface area contributed by atoms with Gasteiger partial charge in [0.05, 0.1) is 0 Å². The van der Waals surface area contributed by atoms with Gasteiger partial charge in [0, 0.05) is 18.3 Å². The first kappa shape index (κ1) is 15.3.